The summed E-state index contributed by atoms with van der Waals surface area (Å²) in [6.45, 7) is 0. The zero-order valence-corrected chi connectivity index (χ0v) is 35.7. The molecular weight excluding hydrogens is 801 g/mol. The van der Waals surface area contributed by atoms with Crippen molar-refractivity contribution in [1.82, 2.24) is 15.0 Å². The number of nitriles is 1. The maximum atomic E-state index is 10.3. The molecule has 4 nitrogen and oxygen atoms in total. The lowest BCUT2D eigenvalue weighted by molar-refractivity contribution is 1.07. The molecule has 0 aliphatic heterocycles. The van der Waals surface area contributed by atoms with Crippen LogP contribution in [0.4, 0.5) is 0 Å². The third-order valence-corrected chi connectivity index (χ3v) is 12.7. The molecule has 0 unspecified atom stereocenters. The van der Waals surface area contributed by atoms with Gasteiger partial charge in [0.25, 0.3) is 0 Å². The largest absolute Gasteiger partial charge is 0.208 e. The average molecular weight is 839 g/mol. The molecule has 306 valence electrons. The molecule has 0 aliphatic rings. The van der Waals surface area contributed by atoms with Gasteiger partial charge < -0.3 is 0 Å². The first-order valence-corrected chi connectivity index (χ1v) is 22.1. The van der Waals surface area contributed by atoms with Gasteiger partial charge in [-0.25, -0.2) is 15.0 Å². The second kappa shape index (κ2) is 16.3. The van der Waals surface area contributed by atoms with Crippen LogP contribution in [0.25, 0.3) is 122 Å². The van der Waals surface area contributed by atoms with Gasteiger partial charge >= 0.3 is 0 Å². The molecule has 0 bridgehead atoms. The van der Waals surface area contributed by atoms with E-state index in [0.29, 0.717) is 23.0 Å². The van der Waals surface area contributed by atoms with Crippen LogP contribution in [0.3, 0.4) is 0 Å². The number of fused-ring (bicyclic) bond motifs is 6. The van der Waals surface area contributed by atoms with E-state index in [1.807, 2.05) is 36.4 Å². The van der Waals surface area contributed by atoms with Crippen molar-refractivity contribution in [2.24, 2.45) is 0 Å². The molecule has 1 aromatic heterocycles. The monoisotopic (exact) mass is 838 g/mol. The Bertz CT molecular complexity index is 3890. The summed E-state index contributed by atoms with van der Waals surface area (Å²) in [7, 11) is 0. The van der Waals surface area contributed by atoms with Gasteiger partial charge in [0.1, 0.15) is 0 Å². The number of benzene rings is 11. The maximum absolute atomic E-state index is 10.3. The van der Waals surface area contributed by atoms with Gasteiger partial charge in [-0.1, -0.05) is 200 Å². The van der Waals surface area contributed by atoms with Crippen molar-refractivity contribution < 1.29 is 0 Å². The van der Waals surface area contributed by atoms with E-state index in [0.717, 1.165) is 61.0 Å². The number of nitrogens with zero attached hydrogens (tertiary/aromatic N) is 4. The molecule has 0 N–H and O–H groups in total. The van der Waals surface area contributed by atoms with E-state index in [1.54, 1.807) is 0 Å². The molecular formula is C62H38N4. The van der Waals surface area contributed by atoms with Crippen LogP contribution < -0.4 is 0 Å². The highest BCUT2D eigenvalue weighted by molar-refractivity contribution is 6.14. The minimum absolute atomic E-state index is 0.601. The Balaban J connectivity index is 0.885. The molecule has 11 aromatic carbocycles. The second-order valence-corrected chi connectivity index (χ2v) is 16.7. The first-order valence-electron chi connectivity index (χ1n) is 22.1. The van der Waals surface area contributed by atoms with Gasteiger partial charge in [-0.05, 0) is 112 Å². The molecule has 0 spiro atoms. The van der Waals surface area contributed by atoms with Gasteiger partial charge in [-0.2, -0.15) is 5.26 Å². The minimum Gasteiger partial charge on any atom is -0.208 e. The maximum Gasteiger partial charge on any atom is 0.164 e. The smallest absolute Gasteiger partial charge is 0.164 e. The van der Waals surface area contributed by atoms with Crippen LogP contribution in [-0.2, 0) is 0 Å². The summed E-state index contributed by atoms with van der Waals surface area (Å²) in [5, 5.41) is 20.0. The van der Waals surface area contributed by atoms with E-state index in [4.69, 9.17) is 15.0 Å². The van der Waals surface area contributed by atoms with Crippen LogP contribution in [0.5, 0.6) is 0 Å². The summed E-state index contributed by atoms with van der Waals surface area (Å²) in [5.41, 5.74) is 11.8. The Hall–Kier alpha value is -9.04. The highest BCUT2D eigenvalue weighted by atomic mass is 15.0. The molecule has 0 atom stereocenters. The Kier molecular flexibility index (Phi) is 9.51. The first kappa shape index (κ1) is 38.6. The third kappa shape index (κ3) is 7.02. The number of hydrogen-bond acceptors (Lipinski definition) is 4. The van der Waals surface area contributed by atoms with Gasteiger partial charge in [0.2, 0.25) is 0 Å². The molecule has 0 fully saturated rings. The Morgan fingerprint density at radius 3 is 1.50 bits per heavy atom. The van der Waals surface area contributed by atoms with Gasteiger partial charge in [0.15, 0.2) is 17.5 Å². The predicted octanol–water partition coefficient (Wildman–Crippen LogP) is 16.0. The van der Waals surface area contributed by atoms with Gasteiger partial charge in [0.05, 0.1) is 11.6 Å². The summed E-state index contributed by atoms with van der Waals surface area (Å²) in [6.07, 6.45) is 0. The highest BCUT2D eigenvalue weighted by Gasteiger charge is 2.16. The summed E-state index contributed by atoms with van der Waals surface area (Å²) >= 11 is 0. The number of hydrogen-bond donors (Lipinski definition) is 0. The van der Waals surface area contributed by atoms with E-state index in [1.165, 1.54) is 43.3 Å². The average Bonchev–Trinajstić information content (AvgIpc) is 3.40. The fraction of sp³-hybridized carbons (Fsp3) is 0. The molecule has 0 amide bonds. The van der Waals surface area contributed by atoms with Crippen LogP contribution >= 0.6 is 0 Å². The number of aromatic nitrogens is 3. The van der Waals surface area contributed by atoms with Crippen molar-refractivity contribution in [3.8, 4) is 84.7 Å². The summed E-state index contributed by atoms with van der Waals surface area (Å²) in [6, 6.07) is 83.0. The summed E-state index contributed by atoms with van der Waals surface area (Å²) < 4.78 is 0. The summed E-state index contributed by atoms with van der Waals surface area (Å²) in [4.78, 5) is 15.2. The van der Waals surface area contributed by atoms with E-state index in [9.17, 15) is 5.26 Å². The molecule has 66 heavy (non-hydrogen) atoms. The van der Waals surface area contributed by atoms with Crippen molar-refractivity contribution in [2.45, 2.75) is 0 Å². The van der Waals surface area contributed by atoms with Crippen LogP contribution in [0, 0.1) is 11.3 Å². The third-order valence-electron chi connectivity index (χ3n) is 12.7. The minimum atomic E-state index is 0.601. The van der Waals surface area contributed by atoms with Crippen LogP contribution in [0.2, 0.25) is 0 Å². The molecule has 12 rings (SSSR count). The number of rotatable bonds is 7. The van der Waals surface area contributed by atoms with Crippen molar-refractivity contribution in [2.75, 3.05) is 0 Å². The van der Waals surface area contributed by atoms with Crippen molar-refractivity contribution in [3.63, 3.8) is 0 Å². The van der Waals surface area contributed by atoms with E-state index in [-0.39, 0.29) is 0 Å². The van der Waals surface area contributed by atoms with Crippen molar-refractivity contribution in [1.29, 1.82) is 5.26 Å². The van der Waals surface area contributed by atoms with Crippen LogP contribution in [-0.4, -0.2) is 15.0 Å². The van der Waals surface area contributed by atoms with Gasteiger partial charge in [-0.15, -0.1) is 0 Å². The lowest BCUT2D eigenvalue weighted by atomic mass is 9.90. The predicted molar refractivity (Wildman–Crippen MR) is 273 cm³/mol. The molecule has 12 aromatic rings. The normalized spacial score (nSPS) is 11.3. The molecule has 0 saturated heterocycles. The second-order valence-electron chi connectivity index (χ2n) is 16.7. The lowest BCUT2D eigenvalue weighted by Crippen LogP contribution is -2.00. The highest BCUT2D eigenvalue weighted by Crippen LogP contribution is 2.38. The Labute approximate surface area is 382 Å². The quantitative estimate of drug-likeness (QED) is 0.150. The van der Waals surface area contributed by atoms with Crippen molar-refractivity contribution >= 4 is 43.1 Å². The molecule has 4 heteroatoms. The molecule has 0 saturated carbocycles. The van der Waals surface area contributed by atoms with Gasteiger partial charge in [0, 0.05) is 22.3 Å². The Morgan fingerprint density at radius 1 is 0.273 bits per heavy atom. The Morgan fingerprint density at radius 2 is 0.742 bits per heavy atom. The molecule has 1 heterocycles. The summed E-state index contributed by atoms with van der Waals surface area (Å²) in [5.74, 6) is 1.84. The van der Waals surface area contributed by atoms with Gasteiger partial charge in [-0.3, -0.25) is 0 Å². The standard InChI is InChI=1S/C62H38N4/c63-39-53-34-32-49(48-17-8-18-50(35-48)56-22-10-15-45-31-29-42-12-5-7-21-55(42)59(45)56)37-57(53)43-25-23-40(24-26-43)47-16-9-19-51(36-47)61-64-60(46-13-2-1-3-14-46)65-62(66-61)52-33-30-44-28-27-41-11-4-6-20-54(41)58(44)38-52/h1-38H. The van der Waals surface area contributed by atoms with E-state index in [2.05, 4.69) is 200 Å². The topological polar surface area (TPSA) is 62.5 Å². The fourth-order valence-corrected chi connectivity index (χ4v) is 9.40. The zero-order chi connectivity index (χ0) is 44.0. The van der Waals surface area contributed by atoms with Crippen molar-refractivity contribution in [3.05, 3.63) is 236 Å². The SMILES string of the molecule is N#Cc1ccc(-c2cccc(-c3cccc4ccc5ccccc5c34)c2)cc1-c1ccc(-c2cccc(-c3nc(-c4ccccc4)nc(-c4ccc5ccc6ccccc6c5c4)n3)c2)cc1. The molecule has 0 radical (unpaired) electrons. The fourth-order valence-electron chi connectivity index (χ4n) is 9.40. The molecule has 0 aliphatic carbocycles. The van der Waals surface area contributed by atoms with Crippen LogP contribution in [0.15, 0.2) is 231 Å². The zero-order valence-electron chi connectivity index (χ0n) is 35.7. The van der Waals surface area contributed by atoms with E-state index < -0.39 is 0 Å². The van der Waals surface area contributed by atoms with E-state index >= 15 is 0 Å². The van der Waals surface area contributed by atoms with Crippen LogP contribution in [0.1, 0.15) is 5.56 Å². The lowest BCUT2D eigenvalue weighted by Gasteiger charge is -2.13. The first-order chi connectivity index (χ1) is 32.6.